The number of Topliss-reactive ketones (excluding diaryl/α,β-unsaturated/α-hetero) is 1. The Morgan fingerprint density at radius 1 is 0.704 bits per heavy atom. The molecule has 0 radical (unpaired) electrons. The molecule has 0 aliphatic rings. The Balaban J connectivity index is 4.09. The first kappa shape index (κ1) is 25.6. The molecule has 6 heteroatoms. The number of aliphatic carboxylic acids is 2. The number of ketones is 1. The van der Waals surface area contributed by atoms with E-state index in [1.807, 2.05) is 0 Å². The highest BCUT2D eigenvalue weighted by Gasteiger charge is 2.25. The summed E-state index contributed by atoms with van der Waals surface area (Å²) in [6, 6.07) is -0.817. The average molecular weight is 386 g/mol. The van der Waals surface area contributed by atoms with E-state index in [0.717, 1.165) is 19.3 Å². The summed E-state index contributed by atoms with van der Waals surface area (Å²) in [5, 5.41) is 17.6. The quantitative estimate of drug-likeness (QED) is 0.281. The van der Waals surface area contributed by atoms with E-state index in [1.54, 1.807) is 0 Å². The Hall–Kier alpha value is -1.43. The second kappa shape index (κ2) is 16.7. The lowest BCUT2D eigenvalue weighted by molar-refractivity contribution is -0.138. The highest BCUT2D eigenvalue weighted by atomic mass is 16.4. The van der Waals surface area contributed by atoms with Crippen molar-refractivity contribution >= 4 is 17.7 Å². The van der Waals surface area contributed by atoms with Gasteiger partial charge in [0.05, 0.1) is 6.04 Å². The smallest absolute Gasteiger partial charge is 0.303 e. The van der Waals surface area contributed by atoms with Gasteiger partial charge < -0.3 is 15.9 Å². The van der Waals surface area contributed by atoms with E-state index < -0.39 is 18.0 Å². The van der Waals surface area contributed by atoms with E-state index in [1.165, 1.54) is 44.9 Å². The summed E-state index contributed by atoms with van der Waals surface area (Å²) in [5.74, 6) is -2.46. The minimum atomic E-state index is -0.977. The Morgan fingerprint density at radius 3 is 1.63 bits per heavy atom. The number of carbonyl (C=O) groups excluding carboxylic acids is 1. The van der Waals surface area contributed by atoms with E-state index in [4.69, 9.17) is 15.9 Å². The number of hydrogen-bond acceptors (Lipinski definition) is 4. The van der Waals surface area contributed by atoms with Crippen molar-refractivity contribution in [1.29, 1.82) is 0 Å². The third-order valence-electron chi connectivity index (χ3n) is 5.05. The zero-order chi connectivity index (χ0) is 20.5. The van der Waals surface area contributed by atoms with Crippen molar-refractivity contribution < 1.29 is 24.6 Å². The number of carbonyl (C=O) groups is 3. The van der Waals surface area contributed by atoms with E-state index in [0.29, 0.717) is 6.42 Å². The molecule has 158 valence electrons. The summed E-state index contributed by atoms with van der Waals surface area (Å²) < 4.78 is 0. The van der Waals surface area contributed by atoms with Crippen LogP contribution in [0.2, 0.25) is 0 Å². The molecule has 0 rings (SSSR count). The Bertz CT molecular complexity index is 425. The molecule has 0 aromatic heterocycles. The number of hydrogen-bond donors (Lipinski definition) is 3. The van der Waals surface area contributed by atoms with Crippen LogP contribution in [0.25, 0.3) is 0 Å². The molecule has 4 N–H and O–H groups in total. The van der Waals surface area contributed by atoms with Crippen LogP contribution in [-0.2, 0) is 14.4 Å². The molecule has 0 aliphatic carbocycles. The molecule has 0 saturated carbocycles. The van der Waals surface area contributed by atoms with E-state index in [9.17, 15) is 14.4 Å². The molecule has 0 aromatic carbocycles. The van der Waals surface area contributed by atoms with Gasteiger partial charge in [-0.25, -0.2) is 0 Å². The summed E-state index contributed by atoms with van der Waals surface area (Å²) in [7, 11) is 0. The van der Waals surface area contributed by atoms with E-state index in [2.05, 4.69) is 6.92 Å². The molecule has 0 fully saturated rings. The highest BCUT2D eigenvalue weighted by molar-refractivity contribution is 5.86. The fraction of sp³-hybridized carbons (Fsp3) is 0.857. The predicted octanol–water partition coefficient (Wildman–Crippen LogP) is 4.54. The van der Waals surface area contributed by atoms with Crippen molar-refractivity contribution in [3.05, 3.63) is 0 Å². The highest BCUT2D eigenvalue weighted by Crippen LogP contribution is 2.20. The zero-order valence-electron chi connectivity index (χ0n) is 17.0. The molecular formula is C21H39NO5. The van der Waals surface area contributed by atoms with Gasteiger partial charge in [0.2, 0.25) is 0 Å². The Kier molecular flexibility index (Phi) is 15.8. The first-order valence-corrected chi connectivity index (χ1v) is 10.6. The van der Waals surface area contributed by atoms with Gasteiger partial charge in [-0.05, 0) is 19.3 Å². The van der Waals surface area contributed by atoms with Crippen LogP contribution in [-0.4, -0.2) is 34.0 Å². The third-order valence-corrected chi connectivity index (χ3v) is 5.05. The molecule has 27 heavy (non-hydrogen) atoms. The maximum Gasteiger partial charge on any atom is 0.303 e. The second-order valence-corrected chi connectivity index (χ2v) is 7.54. The van der Waals surface area contributed by atoms with Gasteiger partial charge in [-0.3, -0.25) is 14.4 Å². The SMILES string of the molecule is CCCCCCCCCCCCC(CCC(=O)O)C(=O)C(N)CCC(=O)O. The monoisotopic (exact) mass is 385 g/mol. The third kappa shape index (κ3) is 15.3. The first-order chi connectivity index (χ1) is 12.9. The van der Waals surface area contributed by atoms with Gasteiger partial charge in [0.15, 0.2) is 5.78 Å². The van der Waals surface area contributed by atoms with Crippen LogP contribution in [0.5, 0.6) is 0 Å². The molecule has 2 unspecified atom stereocenters. The van der Waals surface area contributed by atoms with Gasteiger partial charge in [0.1, 0.15) is 0 Å². The standard InChI is InChI=1S/C21H39NO5/c1-2-3-4-5-6-7-8-9-10-11-12-17(13-15-19(23)24)21(27)18(22)14-16-20(25)26/h17-18H,2-16,22H2,1H3,(H,23,24)(H,25,26). The maximum atomic E-state index is 12.4. The lowest BCUT2D eigenvalue weighted by Gasteiger charge is -2.19. The molecule has 0 spiro atoms. The normalized spacial score (nSPS) is 13.3. The molecule has 2 atom stereocenters. The summed E-state index contributed by atoms with van der Waals surface area (Å²) in [5.41, 5.74) is 5.83. The summed E-state index contributed by atoms with van der Waals surface area (Å²) >= 11 is 0. The summed E-state index contributed by atoms with van der Waals surface area (Å²) in [4.78, 5) is 33.9. The minimum Gasteiger partial charge on any atom is -0.481 e. The van der Waals surface area contributed by atoms with Crippen LogP contribution in [0, 0.1) is 5.92 Å². The van der Waals surface area contributed by atoms with Crippen molar-refractivity contribution in [3.63, 3.8) is 0 Å². The van der Waals surface area contributed by atoms with Crippen LogP contribution in [0.4, 0.5) is 0 Å². The number of carboxylic acids is 2. The lowest BCUT2D eigenvalue weighted by atomic mass is 9.87. The topological polar surface area (TPSA) is 118 Å². The van der Waals surface area contributed by atoms with Crippen LogP contribution in [0.15, 0.2) is 0 Å². The van der Waals surface area contributed by atoms with Gasteiger partial charge in [0.25, 0.3) is 0 Å². The number of rotatable bonds is 19. The zero-order valence-corrected chi connectivity index (χ0v) is 17.0. The lowest BCUT2D eigenvalue weighted by Crippen LogP contribution is -2.36. The molecular weight excluding hydrogens is 346 g/mol. The molecule has 0 heterocycles. The van der Waals surface area contributed by atoms with Gasteiger partial charge in [0, 0.05) is 18.8 Å². The van der Waals surface area contributed by atoms with Crippen LogP contribution in [0.1, 0.15) is 103 Å². The fourth-order valence-electron chi connectivity index (χ4n) is 3.33. The molecule has 0 saturated heterocycles. The molecule has 0 aromatic rings. The molecule has 0 bridgehead atoms. The molecule has 0 amide bonds. The summed E-state index contributed by atoms with van der Waals surface area (Å²) in [6.45, 7) is 2.22. The largest absolute Gasteiger partial charge is 0.481 e. The molecule has 6 nitrogen and oxygen atoms in total. The second-order valence-electron chi connectivity index (χ2n) is 7.54. The van der Waals surface area contributed by atoms with Crippen molar-refractivity contribution in [2.45, 2.75) is 109 Å². The average Bonchev–Trinajstić information content (AvgIpc) is 2.62. The number of carboxylic acid groups (broad SMARTS) is 2. The van der Waals surface area contributed by atoms with E-state index in [-0.39, 0.29) is 37.4 Å². The summed E-state index contributed by atoms with van der Waals surface area (Å²) in [6.07, 6.45) is 12.9. The maximum absolute atomic E-state index is 12.4. The van der Waals surface area contributed by atoms with Crippen molar-refractivity contribution in [2.24, 2.45) is 11.7 Å². The van der Waals surface area contributed by atoms with Gasteiger partial charge >= 0.3 is 11.9 Å². The van der Waals surface area contributed by atoms with Crippen molar-refractivity contribution in [3.8, 4) is 0 Å². The van der Waals surface area contributed by atoms with Crippen LogP contribution in [0.3, 0.4) is 0 Å². The van der Waals surface area contributed by atoms with Crippen molar-refractivity contribution in [1.82, 2.24) is 0 Å². The van der Waals surface area contributed by atoms with Crippen molar-refractivity contribution in [2.75, 3.05) is 0 Å². The minimum absolute atomic E-state index is 0.0557. The Labute approximate surface area is 163 Å². The first-order valence-electron chi connectivity index (χ1n) is 10.6. The van der Waals surface area contributed by atoms with Crippen LogP contribution >= 0.6 is 0 Å². The predicted molar refractivity (Wildman–Crippen MR) is 107 cm³/mol. The fourth-order valence-corrected chi connectivity index (χ4v) is 3.33. The van der Waals surface area contributed by atoms with Gasteiger partial charge in [-0.2, -0.15) is 0 Å². The van der Waals surface area contributed by atoms with E-state index >= 15 is 0 Å². The molecule has 0 aliphatic heterocycles. The number of unbranched alkanes of at least 4 members (excludes halogenated alkanes) is 9. The Morgan fingerprint density at radius 2 is 1.15 bits per heavy atom. The van der Waals surface area contributed by atoms with Gasteiger partial charge in [-0.1, -0.05) is 71.1 Å². The van der Waals surface area contributed by atoms with Crippen LogP contribution < -0.4 is 5.73 Å². The number of nitrogens with two attached hydrogens (primary N) is 1. The van der Waals surface area contributed by atoms with Gasteiger partial charge in [-0.15, -0.1) is 0 Å².